The Morgan fingerprint density at radius 1 is 0.667 bits per heavy atom. The van der Waals surface area contributed by atoms with Crippen molar-refractivity contribution in [2.45, 2.75) is 30.7 Å². The van der Waals surface area contributed by atoms with Crippen LogP contribution in [0, 0.1) is 26.8 Å². The van der Waals surface area contributed by atoms with E-state index in [0.717, 1.165) is 37.9 Å². The zero-order valence-electron chi connectivity index (χ0n) is 23.5. The van der Waals surface area contributed by atoms with Crippen molar-refractivity contribution in [2.24, 2.45) is 0 Å². The van der Waals surface area contributed by atoms with Crippen LogP contribution in [0.5, 0.6) is 5.75 Å². The summed E-state index contributed by atoms with van der Waals surface area (Å²) in [6, 6.07) is 40.2. The molecule has 0 radical (unpaired) electrons. The molecule has 3 nitrogen and oxygen atoms in total. The Hall–Kier alpha value is -3.98. The number of para-hydroxylation sites is 1. The van der Waals surface area contributed by atoms with E-state index in [1.165, 1.54) is 22.3 Å². The molecule has 6 aromatic rings. The van der Waals surface area contributed by atoms with Crippen LogP contribution in [0.3, 0.4) is 0 Å². The zero-order valence-corrected chi connectivity index (χ0v) is 26.6. The smallest absolute Gasteiger partial charge is 0.124 e. The molecule has 1 N–H and O–H groups in total. The minimum Gasteiger partial charge on any atom is -0.507 e. The SMILES string of the molecule is Cc1cc(C)c(-c2cc(-c3[c-]c(Sc4ccccn4)cc(-c4ccccc4)c3)nc(-c3ccccc3O)c2)c(C)c1.[Pt]. The van der Waals surface area contributed by atoms with Crippen molar-refractivity contribution in [2.75, 3.05) is 0 Å². The van der Waals surface area contributed by atoms with Crippen molar-refractivity contribution in [3.05, 3.63) is 138 Å². The summed E-state index contributed by atoms with van der Waals surface area (Å²) in [4.78, 5) is 10.6. The first kappa shape index (κ1) is 29.5. The predicted octanol–water partition coefficient (Wildman–Crippen LogP) is 9.72. The Kier molecular flexibility index (Phi) is 9.06. The number of aromatic nitrogens is 2. The first-order chi connectivity index (χ1) is 19.9. The molecule has 0 atom stereocenters. The Morgan fingerprint density at radius 2 is 1.36 bits per heavy atom. The van der Waals surface area contributed by atoms with Crippen LogP contribution in [0.15, 0.2) is 125 Å². The van der Waals surface area contributed by atoms with Gasteiger partial charge in [0.2, 0.25) is 0 Å². The molecule has 4 aromatic carbocycles. The second-order valence-electron chi connectivity index (χ2n) is 10.2. The number of phenols is 1. The Morgan fingerprint density at radius 3 is 2.07 bits per heavy atom. The van der Waals surface area contributed by atoms with E-state index in [4.69, 9.17) is 4.98 Å². The molecule has 2 aromatic heterocycles. The maximum atomic E-state index is 10.8. The number of aryl methyl sites for hydroxylation is 3. The first-order valence-electron chi connectivity index (χ1n) is 13.6. The van der Waals surface area contributed by atoms with Gasteiger partial charge in [0.15, 0.2) is 0 Å². The summed E-state index contributed by atoms with van der Waals surface area (Å²) >= 11 is 1.58. The summed E-state index contributed by atoms with van der Waals surface area (Å²) in [6.07, 6.45) is 1.81. The van der Waals surface area contributed by atoms with Gasteiger partial charge in [-0.2, -0.15) is 0 Å². The molecule has 0 aliphatic heterocycles. The van der Waals surface area contributed by atoms with Crippen LogP contribution < -0.4 is 0 Å². The number of aromatic hydroxyl groups is 1. The molecule has 0 saturated heterocycles. The fourth-order valence-corrected chi connectivity index (χ4v) is 6.16. The van der Waals surface area contributed by atoms with Crippen molar-refractivity contribution < 1.29 is 26.2 Å². The summed E-state index contributed by atoms with van der Waals surface area (Å²) in [5, 5.41) is 11.7. The van der Waals surface area contributed by atoms with Crippen LogP contribution in [0.25, 0.3) is 44.8 Å². The van der Waals surface area contributed by atoms with Crippen molar-refractivity contribution in [1.82, 2.24) is 9.97 Å². The van der Waals surface area contributed by atoms with Gasteiger partial charge in [0, 0.05) is 32.8 Å². The molecule has 0 fully saturated rings. The average Bonchev–Trinajstić information content (AvgIpc) is 2.97. The molecule has 6 rings (SSSR count). The van der Waals surface area contributed by atoms with Gasteiger partial charge in [-0.05, 0) is 84.6 Å². The number of hydrogen-bond acceptors (Lipinski definition) is 4. The van der Waals surface area contributed by atoms with Gasteiger partial charge in [-0.25, -0.2) is 4.98 Å². The van der Waals surface area contributed by atoms with Gasteiger partial charge in [-0.1, -0.05) is 94.5 Å². The second kappa shape index (κ2) is 12.9. The van der Waals surface area contributed by atoms with Gasteiger partial charge in [0.05, 0.1) is 10.7 Å². The third-order valence-electron chi connectivity index (χ3n) is 7.05. The van der Waals surface area contributed by atoms with Crippen molar-refractivity contribution >= 4 is 11.8 Å². The molecule has 0 aliphatic carbocycles. The predicted molar refractivity (Wildman–Crippen MR) is 169 cm³/mol. The summed E-state index contributed by atoms with van der Waals surface area (Å²) in [7, 11) is 0. The largest absolute Gasteiger partial charge is 0.507 e. The molecule has 0 aliphatic rings. The first-order valence-corrected chi connectivity index (χ1v) is 14.4. The van der Waals surface area contributed by atoms with E-state index in [9.17, 15) is 5.11 Å². The number of benzene rings is 4. The van der Waals surface area contributed by atoms with Crippen molar-refractivity contribution in [1.29, 1.82) is 0 Å². The maximum Gasteiger partial charge on any atom is 0.124 e. The fraction of sp³-hybridized carbons (Fsp3) is 0.0811. The quantitative estimate of drug-likeness (QED) is 0.173. The van der Waals surface area contributed by atoms with Crippen molar-refractivity contribution in [3.8, 4) is 50.5 Å². The molecule has 5 heteroatoms. The summed E-state index contributed by atoms with van der Waals surface area (Å²) in [6.45, 7) is 6.43. The van der Waals surface area contributed by atoms with Crippen LogP contribution in [0.1, 0.15) is 16.7 Å². The van der Waals surface area contributed by atoms with Gasteiger partial charge in [-0.3, -0.25) is 4.98 Å². The van der Waals surface area contributed by atoms with Gasteiger partial charge < -0.3 is 5.11 Å². The molecule has 210 valence electrons. The average molecular weight is 745 g/mol. The minimum atomic E-state index is 0. The van der Waals surface area contributed by atoms with E-state index in [1.54, 1.807) is 24.0 Å². The van der Waals surface area contributed by atoms with Gasteiger partial charge in [0.25, 0.3) is 0 Å². The standard InChI is InChI=1S/C37H29N2OS.Pt/c1-24-17-25(2)37(26(3)18-24)30-22-33(39-34(23-30)32-13-7-8-14-35(32)40)29-19-28(27-11-5-4-6-12-27)20-31(21-29)41-36-15-9-10-16-38-36;/h4-20,22-23,40H,1-3H3;/q-1;. The number of pyridine rings is 2. The molecule has 0 bridgehead atoms. The van der Waals surface area contributed by atoms with Crippen LogP contribution in [-0.2, 0) is 21.1 Å². The van der Waals surface area contributed by atoms with E-state index >= 15 is 0 Å². The summed E-state index contributed by atoms with van der Waals surface area (Å²) in [5.41, 5.74) is 11.2. The minimum absolute atomic E-state index is 0. The molecule has 0 unspecified atom stereocenters. The van der Waals surface area contributed by atoms with Gasteiger partial charge in [0.1, 0.15) is 5.75 Å². The second-order valence-corrected chi connectivity index (χ2v) is 11.3. The monoisotopic (exact) mass is 744 g/mol. The van der Waals surface area contributed by atoms with Crippen molar-refractivity contribution in [3.63, 3.8) is 0 Å². The molecule has 0 saturated carbocycles. The number of rotatable bonds is 6. The molecular weight excluding hydrogens is 716 g/mol. The number of hydrogen-bond donors (Lipinski definition) is 1. The normalized spacial score (nSPS) is 10.7. The van der Waals surface area contributed by atoms with Crippen LogP contribution >= 0.6 is 11.8 Å². The topological polar surface area (TPSA) is 46.0 Å². The third-order valence-corrected chi connectivity index (χ3v) is 7.94. The zero-order chi connectivity index (χ0) is 28.3. The van der Waals surface area contributed by atoms with Gasteiger partial charge >= 0.3 is 0 Å². The Bertz CT molecular complexity index is 1830. The third kappa shape index (κ3) is 6.41. The molecule has 2 heterocycles. The van der Waals surface area contributed by atoms with Crippen LogP contribution in [0.4, 0.5) is 0 Å². The number of phenolic OH excluding ortho intramolecular Hbond substituents is 1. The Labute approximate surface area is 266 Å². The van der Waals surface area contributed by atoms with E-state index in [2.05, 4.69) is 92.5 Å². The van der Waals surface area contributed by atoms with Crippen LogP contribution in [0.2, 0.25) is 0 Å². The molecule has 42 heavy (non-hydrogen) atoms. The fourth-order valence-electron chi connectivity index (χ4n) is 5.33. The summed E-state index contributed by atoms with van der Waals surface area (Å²) in [5.74, 6) is 0.203. The van der Waals surface area contributed by atoms with E-state index in [-0.39, 0.29) is 26.8 Å². The summed E-state index contributed by atoms with van der Waals surface area (Å²) < 4.78 is 0. The maximum absolute atomic E-state index is 10.8. The van der Waals surface area contributed by atoms with E-state index < -0.39 is 0 Å². The Balaban J connectivity index is 0.00000353. The molecular formula is C37H29N2OPtS-. The van der Waals surface area contributed by atoms with E-state index in [0.29, 0.717) is 11.3 Å². The molecule has 0 spiro atoms. The number of nitrogens with zero attached hydrogens (tertiary/aromatic N) is 2. The molecule has 0 amide bonds. The van der Waals surface area contributed by atoms with Crippen LogP contribution in [-0.4, -0.2) is 15.1 Å². The van der Waals surface area contributed by atoms with Gasteiger partial charge in [-0.15, -0.1) is 23.8 Å². The van der Waals surface area contributed by atoms with E-state index in [1.807, 2.05) is 42.5 Å².